The Bertz CT molecular complexity index is 1520. The van der Waals surface area contributed by atoms with Crippen molar-refractivity contribution >= 4 is 46.5 Å². The van der Waals surface area contributed by atoms with Crippen LogP contribution in [0.5, 0.6) is 5.75 Å². The van der Waals surface area contributed by atoms with Crippen LogP contribution in [-0.4, -0.2) is 48.6 Å². The van der Waals surface area contributed by atoms with Crippen LogP contribution in [0.1, 0.15) is 37.5 Å². The van der Waals surface area contributed by atoms with E-state index >= 15 is 0 Å². The number of aryl methyl sites for hydroxylation is 1. The number of amides is 2. The Labute approximate surface area is 259 Å². The molecule has 0 spiro atoms. The second-order valence-electron chi connectivity index (χ2n) is 10.9. The fourth-order valence-electron chi connectivity index (χ4n) is 4.61. The lowest BCUT2D eigenvalue weighted by atomic mass is 9.85. The van der Waals surface area contributed by atoms with Crippen LogP contribution in [0.3, 0.4) is 0 Å². The first-order valence-electron chi connectivity index (χ1n) is 14.1. The van der Waals surface area contributed by atoms with Crippen LogP contribution in [0.2, 0.25) is 0 Å². The number of amidine groups is 2. The molecule has 0 aromatic heterocycles. The number of nitrogens with one attached hydrogen (secondary N) is 1. The molecule has 1 fully saturated rings. The predicted octanol–water partition coefficient (Wildman–Crippen LogP) is 7.10. The average molecular weight is 625 g/mol. The summed E-state index contributed by atoms with van der Waals surface area (Å²) in [5.74, 6) is 0.789. The highest BCUT2D eigenvalue weighted by atomic mass is 32.2. The number of nitrogens with two attached hydrogens (primary N) is 1. The molecule has 0 saturated carbocycles. The van der Waals surface area contributed by atoms with Gasteiger partial charge in [-0.2, -0.15) is 4.99 Å². The number of benzene rings is 3. The van der Waals surface area contributed by atoms with Crippen LogP contribution in [0, 0.1) is 5.41 Å². The van der Waals surface area contributed by atoms with Crippen molar-refractivity contribution in [3.63, 3.8) is 0 Å². The fraction of sp³-hybridized carbons (Fsp3) is 0.312. The number of carbonyl (C=O) groups is 1. The number of aliphatic imine (C=N–C) groups is 3. The fourth-order valence-corrected chi connectivity index (χ4v) is 5.56. The Morgan fingerprint density at radius 2 is 1.77 bits per heavy atom. The molecule has 0 unspecified atom stereocenters. The van der Waals surface area contributed by atoms with Gasteiger partial charge in [0.15, 0.2) is 5.17 Å². The third-order valence-corrected chi connectivity index (χ3v) is 7.72. The molecule has 4 rings (SSSR count). The molecule has 0 atom stereocenters. The minimum absolute atomic E-state index is 0.234. The van der Waals surface area contributed by atoms with E-state index in [1.54, 1.807) is 11.8 Å². The number of hydrogen-bond acceptors (Lipinski definition) is 4. The number of carbonyl (C=O) groups excluding carboxylic acids is 1. The highest BCUT2D eigenvalue weighted by Crippen LogP contribution is 2.29. The van der Waals surface area contributed by atoms with Crippen molar-refractivity contribution in [2.24, 2.45) is 26.1 Å². The Hall–Kier alpha value is -4.32. The average Bonchev–Trinajstić information content (AvgIpc) is 3.44. The molecule has 0 aliphatic carbocycles. The van der Waals surface area contributed by atoms with Gasteiger partial charge in [-0.3, -0.25) is 0 Å². The Morgan fingerprint density at radius 1 is 1.07 bits per heavy atom. The van der Waals surface area contributed by atoms with Gasteiger partial charge in [0.25, 0.3) is 0 Å². The maximum atomic E-state index is 12.8. The van der Waals surface area contributed by atoms with E-state index in [9.17, 15) is 18.0 Å². The van der Waals surface area contributed by atoms with E-state index in [4.69, 9.17) is 5.73 Å². The second-order valence-corrected chi connectivity index (χ2v) is 11.9. The van der Waals surface area contributed by atoms with Gasteiger partial charge < -0.3 is 20.7 Å². The molecule has 1 aliphatic heterocycles. The SMILES string of the molecule is CCc1ccccc1N1CCSC1=NC(=O)NCC(C)(C)Cc1ccc(C(N)=NC=Nc2ccc(OC(F)(F)F)cc2)cc1. The van der Waals surface area contributed by atoms with Gasteiger partial charge in [0.1, 0.15) is 17.9 Å². The maximum absolute atomic E-state index is 12.8. The largest absolute Gasteiger partial charge is 0.573 e. The van der Waals surface area contributed by atoms with Gasteiger partial charge in [-0.25, -0.2) is 14.8 Å². The van der Waals surface area contributed by atoms with E-state index in [-0.39, 0.29) is 23.0 Å². The third kappa shape index (κ3) is 9.60. The van der Waals surface area contributed by atoms with Gasteiger partial charge in [0, 0.05) is 30.1 Å². The van der Waals surface area contributed by atoms with Gasteiger partial charge in [0.05, 0.1) is 5.69 Å². The van der Waals surface area contributed by atoms with Crippen molar-refractivity contribution in [1.29, 1.82) is 0 Å². The topological polar surface area (TPSA) is 105 Å². The summed E-state index contributed by atoms with van der Waals surface area (Å²) >= 11 is 1.59. The van der Waals surface area contributed by atoms with E-state index in [0.29, 0.717) is 24.2 Å². The van der Waals surface area contributed by atoms with Crippen LogP contribution >= 0.6 is 11.8 Å². The molecule has 1 saturated heterocycles. The Kier molecular flexibility index (Phi) is 10.7. The van der Waals surface area contributed by atoms with Crippen LogP contribution in [0.15, 0.2) is 87.8 Å². The van der Waals surface area contributed by atoms with Crippen molar-refractivity contribution in [2.45, 2.75) is 40.0 Å². The summed E-state index contributed by atoms with van der Waals surface area (Å²) in [7, 11) is 0. The molecule has 1 aliphatic rings. The van der Waals surface area contributed by atoms with E-state index in [0.717, 1.165) is 35.1 Å². The maximum Gasteiger partial charge on any atom is 0.573 e. The summed E-state index contributed by atoms with van der Waals surface area (Å²) in [5, 5.41) is 3.69. The molecule has 12 heteroatoms. The minimum Gasteiger partial charge on any atom is -0.406 e. The zero-order valence-corrected chi connectivity index (χ0v) is 25.6. The number of ether oxygens (including phenoxy) is 1. The Balaban J connectivity index is 1.29. The Morgan fingerprint density at radius 3 is 2.45 bits per heavy atom. The zero-order valence-electron chi connectivity index (χ0n) is 24.8. The highest BCUT2D eigenvalue weighted by molar-refractivity contribution is 8.14. The molecule has 3 N–H and O–H groups in total. The van der Waals surface area contributed by atoms with Crippen molar-refractivity contribution < 1.29 is 22.7 Å². The zero-order chi connectivity index (χ0) is 31.7. The van der Waals surface area contributed by atoms with Crippen LogP contribution in [-0.2, 0) is 12.8 Å². The van der Waals surface area contributed by atoms with Crippen LogP contribution in [0.4, 0.5) is 29.3 Å². The molecule has 44 heavy (non-hydrogen) atoms. The molecule has 8 nitrogen and oxygen atoms in total. The number of nitrogens with zero attached hydrogens (tertiary/aromatic N) is 4. The summed E-state index contributed by atoms with van der Waals surface area (Å²) in [6.07, 6.45) is -1.89. The molecule has 1 heterocycles. The lowest BCUT2D eigenvalue weighted by molar-refractivity contribution is -0.274. The summed E-state index contributed by atoms with van der Waals surface area (Å²) in [5.41, 5.74) is 10.3. The monoisotopic (exact) mass is 624 g/mol. The van der Waals surface area contributed by atoms with Crippen LogP contribution < -0.4 is 20.7 Å². The number of rotatable bonds is 10. The molecule has 0 radical (unpaired) electrons. The smallest absolute Gasteiger partial charge is 0.406 e. The molecule has 0 bridgehead atoms. The number of urea groups is 1. The lowest BCUT2D eigenvalue weighted by Crippen LogP contribution is -2.35. The van der Waals surface area contributed by atoms with Gasteiger partial charge >= 0.3 is 12.4 Å². The number of thioether (sulfide) groups is 1. The van der Waals surface area contributed by atoms with Crippen molar-refractivity contribution in [1.82, 2.24) is 5.32 Å². The third-order valence-electron chi connectivity index (χ3n) is 6.76. The highest BCUT2D eigenvalue weighted by Gasteiger charge is 2.31. The van der Waals surface area contributed by atoms with Crippen LogP contribution in [0.25, 0.3) is 0 Å². The van der Waals surface area contributed by atoms with E-state index in [2.05, 4.69) is 62.8 Å². The van der Waals surface area contributed by atoms with Gasteiger partial charge in [0.2, 0.25) is 0 Å². The summed E-state index contributed by atoms with van der Waals surface area (Å²) in [6.45, 7) is 7.54. The van der Waals surface area contributed by atoms with Gasteiger partial charge in [-0.15, -0.1) is 13.2 Å². The number of halogens is 3. The van der Waals surface area contributed by atoms with E-state index < -0.39 is 6.36 Å². The van der Waals surface area contributed by atoms with Crippen molar-refractivity contribution in [2.75, 3.05) is 23.7 Å². The van der Waals surface area contributed by atoms with E-state index in [1.807, 2.05) is 36.4 Å². The van der Waals surface area contributed by atoms with Crippen molar-refractivity contribution in [3.05, 3.63) is 89.5 Å². The first-order chi connectivity index (χ1) is 20.9. The molecule has 2 amide bonds. The normalized spacial score (nSPS) is 15.3. The first kappa shape index (κ1) is 32.6. The van der Waals surface area contributed by atoms with Crippen molar-refractivity contribution in [3.8, 4) is 5.75 Å². The summed E-state index contributed by atoms with van der Waals surface area (Å²) in [6, 6.07) is 20.6. The summed E-state index contributed by atoms with van der Waals surface area (Å²) < 4.78 is 40.7. The second kappa shape index (κ2) is 14.4. The first-order valence-corrected chi connectivity index (χ1v) is 15.1. The minimum atomic E-state index is -4.75. The standard InChI is InChI=1S/C32H35F3N6O2S/c1-4-23-7-5-6-8-27(23)41-17-18-44-30(41)40-29(42)37-20-31(2,3)19-22-9-11-24(12-10-22)28(36)39-21-38-25-13-15-26(16-14-25)43-32(33,34)35/h5-16,21H,4,17-20H2,1-3H3,(H,37,42)(H2,36,38,39). The molecule has 232 valence electrons. The van der Waals surface area contributed by atoms with Gasteiger partial charge in [-0.1, -0.05) is 75.0 Å². The van der Waals surface area contributed by atoms with Gasteiger partial charge in [-0.05, 0) is 59.7 Å². The molecule has 3 aromatic rings. The predicted molar refractivity (Wildman–Crippen MR) is 172 cm³/mol. The van der Waals surface area contributed by atoms with E-state index in [1.165, 1.54) is 36.2 Å². The number of hydrogen-bond donors (Lipinski definition) is 2. The quantitative estimate of drug-likeness (QED) is 0.185. The number of anilines is 1. The summed E-state index contributed by atoms with van der Waals surface area (Å²) in [4.78, 5) is 27.5. The molecule has 3 aromatic carbocycles. The molecular formula is C32H35F3N6O2S. The lowest BCUT2D eigenvalue weighted by Gasteiger charge is -2.25. The number of alkyl halides is 3. The number of para-hydroxylation sites is 1. The molecular weight excluding hydrogens is 589 g/mol.